The van der Waals surface area contributed by atoms with Crippen molar-refractivity contribution in [3.8, 4) is 5.75 Å². The SMILES string of the molecule is CCN=Cc1cccc([Si](C)(C)C)c1O. The van der Waals surface area contributed by atoms with Gasteiger partial charge < -0.3 is 5.11 Å². The number of aliphatic imine (C=N–C) groups is 1. The summed E-state index contributed by atoms with van der Waals surface area (Å²) in [4.78, 5) is 4.16. The zero-order chi connectivity index (χ0) is 11.5. The summed E-state index contributed by atoms with van der Waals surface area (Å²) >= 11 is 0. The van der Waals surface area contributed by atoms with Gasteiger partial charge in [-0.05, 0) is 18.2 Å². The Morgan fingerprint density at radius 1 is 1.33 bits per heavy atom. The molecule has 15 heavy (non-hydrogen) atoms. The molecule has 0 bridgehead atoms. The highest BCUT2D eigenvalue weighted by molar-refractivity contribution is 6.89. The van der Waals surface area contributed by atoms with Gasteiger partial charge in [0.25, 0.3) is 0 Å². The quantitative estimate of drug-likeness (QED) is 0.617. The number of nitrogens with zero attached hydrogens (tertiary/aromatic N) is 1. The van der Waals surface area contributed by atoms with Gasteiger partial charge in [-0.1, -0.05) is 31.8 Å². The largest absolute Gasteiger partial charge is 0.507 e. The molecule has 0 saturated heterocycles. The number of hydrogen-bond donors (Lipinski definition) is 1. The van der Waals surface area contributed by atoms with E-state index in [0.717, 1.165) is 17.3 Å². The van der Waals surface area contributed by atoms with Gasteiger partial charge in [-0.25, -0.2) is 0 Å². The van der Waals surface area contributed by atoms with E-state index in [1.54, 1.807) is 6.21 Å². The number of phenols is 1. The van der Waals surface area contributed by atoms with Crippen LogP contribution in [-0.2, 0) is 0 Å². The smallest absolute Gasteiger partial charge is 0.123 e. The lowest BCUT2D eigenvalue weighted by molar-refractivity contribution is 0.478. The normalized spacial score (nSPS) is 12.3. The molecule has 0 radical (unpaired) electrons. The standard InChI is InChI=1S/C12H19NOSi/c1-5-13-9-10-7-6-8-11(12(10)14)15(2,3)4/h6-9,14H,5H2,1-4H3. The Morgan fingerprint density at radius 2 is 2.00 bits per heavy atom. The Hall–Kier alpha value is -1.09. The summed E-state index contributed by atoms with van der Waals surface area (Å²) in [5.74, 6) is 0.411. The third-order valence-corrected chi connectivity index (χ3v) is 4.31. The molecule has 1 aromatic rings. The number of aromatic hydroxyl groups is 1. The fraction of sp³-hybridized carbons (Fsp3) is 0.417. The lowest BCUT2D eigenvalue weighted by Gasteiger charge is -2.18. The van der Waals surface area contributed by atoms with Crippen LogP contribution in [0.15, 0.2) is 23.2 Å². The van der Waals surface area contributed by atoms with Crippen LogP contribution in [-0.4, -0.2) is 25.9 Å². The molecule has 1 aromatic carbocycles. The molecule has 0 aliphatic rings. The second-order valence-electron chi connectivity index (χ2n) is 4.62. The Kier molecular flexibility index (Phi) is 3.69. The molecule has 0 saturated carbocycles. The number of para-hydroxylation sites is 1. The molecule has 0 aromatic heterocycles. The molecule has 82 valence electrons. The topological polar surface area (TPSA) is 32.6 Å². The van der Waals surface area contributed by atoms with Gasteiger partial charge in [-0.15, -0.1) is 0 Å². The van der Waals surface area contributed by atoms with E-state index in [-0.39, 0.29) is 0 Å². The van der Waals surface area contributed by atoms with Gasteiger partial charge in [0.15, 0.2) is 0 Å². The first-order valence-electron chi connectivity index (χ1n) is 5.29. The molecule has 0 unspecified atom stereocenters. The van der Waals surface area contributed by atoms with Crippen LogP contribution in [0.3, 0.4) is 0 Å². The Balaban J connectivity index is 3.17. The van der Waals surface area contributed by atoms with Crippen LogP contribution in [0.4, 0.5) is 0 Å². The highest BCUT2D eigenvalue weighted by atomic mass is 28.3. The van der Waals surface area contributed by atoms with E-state index in [1.165, 1.54) is 0 Å². The van der Waals surface area contributed by atoms with E-state index in [2.05, 4.69) is 24.6 Å². The summed E-state index contributed by atoms with van der Waals surface area (Å²) < 4.78 is 0. The lowest BCUT2D eigenvalue weighted by Crippen LogP contribution is -2.37. The molecule has 1 N–H and O–H groups in total. The van der Waals surface area contributed by atoms with E-state index >= 15 is 0 Å². The van der Waals surface area contributed by atoms with Crippen molar-refractivity contribution in [3.05, 3.63) is 23.8 Å². The average molecular weight is 221 g/mol. The molecule has 0 aliphatic heterocycles. The van der Waals surface area contributed by atoms with Crippen molar-refractivity contribution in [2.75, 3.05) is 6.54 Å². The Bertz CT molecular complexity index is 366. The predicted molar refractivity (Wildman–Crippen MR) is 69.2 cm³/mol. The maximum atomic E-state index is 10.1. The van der Waals surface area contributed by atoms with Crippen LogP contribution in [0.2, 0.25) is 19.6 Å². The van der Waals surface area contributed by atoms with Crippen molar-refractivity contribution in [2.45, 2.75) is 26.6 Å². The molecule has 0 spiro atoms. The van der Waals surface area contributed by atoms with E-state index in [4.69, 9.17) is 0 Å². The van der Waals surface area contributed by atoms with Crippen LogP contribution in [0.5, 0.6) is 5.75 Å². The number of hydrogen-bond acceptors (Lipinski definition) is 2. The van der Waals surface area contributed by atoms with Crippen molar-refractivity contribution in [1.82, 2.24) is 0 Å². The zero-order valence-corrected chi connectivity index (χ0v) is 10.9. The molecule has 0 heterocycles. The van der Waals surface area contributed by atoms with Gasteiger partial charge in [0.05, 0.1) is 8.07 Å². The van der Waals surface area contributed by atoms with Gasteiger partial charge in [0, 0.05) is 18.3 Å². The van der Waals surface area contributed by atoms with E-state index in [1.807, 2.05) is 25.1 Å². The van der Waals surface area contributed by atoms with E-state index in [0.29, 0.717) is 5.75 Å². The average Bonchev–Trinajstić information content (AvgIpc) is 2.14. The third-order valence-electron chi connectivity index (χ3n) is 2.29. The summed E-state index contributed by atoms with van der Waals surface area (Å²) in [6, 6.07) is 5.91. The summed E-state index contributed by atoms with van der Waals surface area (Å²) in [6.45, 7) is 9.40. The van der Waals surface area contributed by atoms with Crippen LogP contribution in [0.1, 0.15) is 12.5 Å². The molecule has 2 nitrogen and oxygen atoms in total. The third kappa shape index (κ3) is 2.93. The molecule has 0 atom stereocenters. The van der Waals surface area contributed by atoms with Gasteiger partial charge >= 0.3 is 0 Å². The van der Waals surface area contributed by atoms with Crippen molar-refractivity contribution in [1.29, 1.82) is 0 Å². The van der Waals surface area contributed by atoms with Crippen molar-refractivity contribution >= 4 is 19.5 Å². The summed E-state index contributed by atoms with van der Waals surface area (Å²) in [7, 11) is -1.46. The van der Waals surface area contributed by atoms with Gasteiger partial charge in [0.2, 0.25) is 0 Å². The molecule has 0 fully saturated rings. The first kappa shape index (κ1) is 12.0. The molecule has 1 rings (SSSR count). The van der Waals surface area contributed by atoms with Gasteiger partial charge in [-0.2, -0.15) is 0 Å². The van der Waals surface area contributed by atoms with Gasteiger partial charge in [0.1, 0.15) is 5.75 Å². The maximum absolute atomic E-state index is 10.1. The molecule has 0 amide bonds. The maximum Gasteiger partial charge on any atom is 0.123 e. The second-order valence-corrected chi connectivity index (χ2v) is 9.66. The molecular formula is C12H19NOSi. The Labute approximate surface area is 92.7 Å². The second kappa shape index (κ2) is 4.62. The lowest BCUT2D eigenvalue weighted by atomic mass is 10.2. The summed E-state index contributed by atoms with van der Waals surface area (Å²) in [5.41, 5.74) is 0.830. The van der Waals surface area contributed by atoms with Crippen molar-refractivity contribution in [2.24, 2.45) is 4.99 Å². The van der Waals surface area contributed by atoms with Crippen LogP contribution in [0, 0.1) is 0 Å². The van der Waals surface area contributed by atoms with Crippen molar-refractivity contribution < 1.29 is 5.11 Å². The van der Waals surface area contributed by atoms with Gasteiger partial charge in [-0.3, -0.25) is 4.99 Å². The monoisotopic (exact) mass is 221 g/mol. The summed E-state index contributed by atoms with van der Waals surface area (Å²) in [5, 5.41) is 11.2. The predicted octanol–water partition coefficient (Wildman–Crippen LogP) is 2.38. The van der Waals surface area contributed by atoms with Crippen LogP contribution in [0.25, 0.3) is 0 Å². The number of phenolic OH excluding ortho intramolecular Hbond substituents is 1. The Morgan fingerprint density at radius 3 is 2.53 bits per heavy atom. The van der Waals surface area contributed by atoms with Crippen LogP contribution >= 0.6 is 0 Å². The van der Waals surface area contributed by atoms with E-state index in [9.17, 15) is 5.11 Å². The van der Waals surface area contributed by atoms with Crippen molar-refractivity contribution in [3.63, 3.8) is 0 Å². The zero-order valence-electron chi connectivity index (χ0n) is 9.91. The molecule has 0 aliphatic carbocycles. The highest BCUT2D eigenvalue weighted by Gasteiger charge is 2.21. The summed E-state index contributed by atoms with van der Waals surface area (Å²) in [6.07, 6.45) is 1.75. The number of benzene rings is 1. The minimum Gasteiger partial charge on any atom is -0.507 e. The van der Waals surface area contributed by atoms with E-state index < -0.39 is 8.07 Å². The minimum atomic E-state index is -1.46. The molecule has 3 heteroatoms. The highest BCUT2D eigenvalue weighted by Crippen LogP contribution is 2.16. The minimum absolute atomic E-state index is 0.411. The first-order chi connectivity index (χ1) is 6.96. The number of rotatable bonds is 3. The first-order valence-corrected chi connectivity index (χ1v) is 8.79. The fourth-order valence-electron chi connectivity index (χ4n) is 1.46. The molecular weight excluding hydrogens is 202 g/mol. The fourth-order valence-corrected chi connectivity index (χ4v) is 2.91. The van der Waals surface area contributed by atoms with Crippen LogP contribution < -0.4 is 5.19 Å².